The number of ether oxygens (including phenoxy) is 1. The molecule has 0 saturated heterocycles. The molecule has 1 heterocycles. The van der Waals surface area contributed by atoms with Gasteiger partial charge in [0.05, 0.1) is 12.0 Å². The minimum Gasteiger partial charge on any atom is -0.481 e. The summed E-state index contributed by atoms with van der Waals surface area (Å²) in [7, 11) is 0. The fourth-order valence-electron chi connectivity index (χ4n) is 4.65. The third kappa shape index (κ3) is 5.11. The average Bonchev–Trinajstić information content (AvgIpc) is 3.01. The van der Waals surface area contributed by atoms with Crippen molar-refractivity contribution in [3.63, 3.8) is 0 Å². The number of hydrogen-bond donors (Lipinski definition) is 1. The molecule has 0 amide bonds. The fourth-order valence-corrected chi connectivity index (χ4v) is 5.75. The van der Waals surface area contributed by atoms with Crippen LogP contribution in [-0.2, 0) is 33.5 Å². The monoisotopic (exact) mass is 529 g/mol. The molecule has 1 fully saturated rings. The van der Waals surface area contributed by atoms with Crippen LogP contribution in [0.3, 0.4) is 0 Å². The molecule has 1 aromatic carbocycles. The molecule has 36 heavy (non-hydrogen) atoms. The second-order valence-electron chi connectivity index (χ2n) is 10.4. The number of allylic oxidation sites excluding steroid dienone is 1. The van der Waals surface area contributed by atoms with Crippen molar-refractivity contribution < 1.29 is 37.0 Å². The summed E-state index contributed by atoms with van der Waals surface area (Å²) in [6, 6.07) is 8.10. The fraction of sp³-hybridized carbons (Fsp3) is 0.480. The van der Waals surface area contributed by atoms with Crippen molar-refractivity contribution in [3.8, 4) is 0 Å². The Balaban J connectivity index is 2.04. The first kappa shape index (κ1) is 27.6. The van der Waals surface area contributed by atoms with E-state index in [2.05, 4.69) is 0 Å². The molecule has 0 unspecified atom stereocenters. The van der Waals surface area contributed by atoms with E-state index in [1.165, 1.54) is 34.6 Å². The molecular formula is C25H27F4NO5S. The maximum atomic E-state index is 14.6. The minimum absolute atomic E-state index is 0.325. The SMILES string of the molecule is CC(C)(C)OC(=O)C(F)=C[C@@H]1C(C)(C)[C@]1(Cc1sc(=O)n(Cc2ccccc2)c1C(F)(F)F)C(=O)O. The molecule has 2 atom stereocenters. The first-order valence-corrected chi connectivity index (χ1v) is 11.9. The Morgan fingerprint density at radius 2 is 1.75 bits per heavy atom. The molecule has 11 heteroatoms. The van der Waals surface area contributed by atoms with Gasteiger partial charge in [0.25, 0.3) is 0 Å². The van der Waals surface area contributed by atoms with Gasteiger partial charge in [0, 0.05) is 17.2 Å². The van der Waals surface area contributed by atoms with E-state index < -0.39 is 68.2 Å². The molecule has 2 aromatic rings. The number of carbonyl (C=O) groups is 2. The lowest BCUT2D eigenvalue weighted by molar-refractivity contribution is -0.152. The van der Waals surface area contributed by atoms with E-state index in [0.717, 1.165) is 6.08 Å². The zero-order chi connectivity index (χ0) is 27.3. The van der Waals surface area contributed by atoms with E-state index in [0.29, 0.717) is 21.5 Å². The zero-order valence-electron chi connectivity index (χ0n) is 20.4. The molecule has 196 valence electrons. The number of hydrogen-bond acceptors (Lipinski definition) is 5. The highest BCUT2D eigenvalue weighted by Crippen LogP contribution is 2.71. The van der Waals surface area contributed by atoms with Gasteiger partial charge in [0.2, 0.25) is 5.83 Å². The standard InChI is InChI=1S/C25H27F4NO5S/c1-22(2,3)35-19(31)15(26)11-17-23(4,5)24(17,20(32)33)12-16-18(25(27,28)29)30(21(34)36-16)13-14-9-7-6-8-10-14/h6-11,17H,12-13H2,1-5H3,(H,32,33)/t17-,24+/m1/s1. The number of halogens is 4. The topological polar surface area (TPSA) is 85.6 Å². The number of nitrogens with zero attached hydrogens (tertiary/aromatic N) is 1. The maximum Gasteiger partial charge on any atom is 0.432 e. The number of aliphatic carboxylic acids is 1. The maximum absolute atomic E-state index is 14.6. The highest BCUT2D eigenvalue weighted by Gasteiger charge is 2.75. The Hall–Kier alpha value is -2.95. The van der Waals surface area contributed by atoms with E-state index >= 15 is 0 Å². The first-order chi connectivity index (χ1) is 16.4. The predicted molar refractivity (Wildman–Crippen MR) is 125 cm³/mol. The Morgan fingerprint density at radius 3 is 2.25 bits per heavy atom. The number of alkyl halides is 3. The lowest BCUT2D eigenvalue weighted by Crippen LogP contribution is -2.27. The summed E-state index contributed by atoms with van der Waals surface area (Å²) in [6.45, 7) is 7.19. The number of rotatable bonds is 7. The van der Waals surface area contributed by atoms with E-state index in [9.17, 15) is 37.1 Å². The van der Waals surface area contributed by atoms with Gasteiger partial charge in [-0.25, -0.2) is 4.79 Å². The van der Waals surface area contributed by atoms with Crippen LogP contribution in [0.15, 0.2) is 47.0 Å². The lowest BCUT2D eigenvalue weighted by atomic mass is 9.90. The van der Waals surface area contributed by atoms with Crippen molar-refractivity contribution >= 4 is 23.3 Å². The third-order valence-corrected chi connectivity index (χ3v) is 7.50. The number of carboxylic acids is 1. The number of carboxylic acid groups (broad SMARTS) is 1. The average molecular weight is 530 g/mol. The summed E-state index contributed by atoms with van der Waals surface area (Å²) in [4.78, 5) is 35.8. The van der Waals surface area contributed by atoms with Gasteiger partial charge in [0.15, 0.2) is 0 Å². The van der Waals surface area contributed by atoms with Crippen LogP contribution in [0.1, 0.15) is 50.8 Å². The van der Waals surface area contributed by atoms with Gasteiger partial charge in [-0.05, 0) is 37.8 Å². The van der Waals surface area contributed by atoms with Gasteiger partial charge < -0.3 is 9.84 Å². The molecule has 0 bridgehead atoms. The van der Waals surface area contributed by atoms with Crippen LogP contribution in [0, 0.1) is 16.7 Å². The number of esters is 1. The summed E-state index contributed by atoms with van der Waals surface area (Å²) in [5, 5.41) is 10.1. The Kier molecular flexibility index (Phi) is 7.04. The number of carbonyl (C=O) groups excluding carboxylic acids is 1. The number of thiazole rings is 1. The van der Waals surface area contributed by atoms with Crippen LogP contribution in [0.5, 0.6) is 0 Å². The second-order valence-corrected chi connectivity index (χ2v) is 11.4. The van der Waals surface area contributed by atoms with Crippen LogP contribution in [0.2, 0.25) is 0 Å². The van der Waals surface area contributed by atoms with Crippen molar-refractivity contribution in [3.05, 3.63) is 68.0 Å². The first-order valence-electron chi connectivity index (χ1n) is 11.1. The summed E-state index contributed by atoms with van der Waals surface area (Å²) in [6.07, 6.45) is -4.79. The van der Waals surface area contributed by atoms with Crippen LogP contribution in [0.25, 0.3) is 0 Å². The highest BCUT2D eigenvalue weighted by atomic mass is 32.1. The zero-order valence-corrected chi connectivity index (χ0v) is 21.2. The second kappa shape index (κ2) is 9.17. The van der Waals surface area contributed by atoms with Gasteiger partial charge in [-0.3, -0.25) is 14.2 Å². The van der Waals surface area contributed by atoms with Gasteiger partial charge >= 0.3 is 23.0 Å². The number of aromatic nitrogens is 1. The minimum atomic E-state index is -4.94. The quantitative estimate of drug-likeness (QED) is 0.293. The molecule has 0 radical (unpaired) electrons. The molecule has 1 saturated carbocycles. The van der Waals surface area contributed by atoms with E-state index in [1.54, 1.807) is 30.3 Å². The van der Waals surface area contributed by atoms with Crippen LogP contribution >= 0.6 is 11.3 Å². The van der Waals surface area contributed by atoms with Crippen molar-refractivity contribution in [2.45, 2.75) is 59.4 Å². The van der Waals surface area contributed by atoms with Crippen molar-refractivity contribution in [2.24, 2.45) is 16.7 Å². The van der Waals surface area contributed by atoms with E-state index in [1.807, 2.05) is 0 Å². The van der Waals surface area contributed by atoms with Crippen LogP contribution in [-0.4, -0.2) is 27.2 Å². The molecule has 0 aliphatic heterocycles. The third-order valence-electron chi connectivity index (χ3n) is 6.52. The summed E-state index contributed by atoms with van der Waals surface area (Å²) < 4.78 is 62.7. The van der Waals surface area contributed by atoms with Crippen molar-refractivity contribution in [2.75, 3.05) is 0 Å². The summed E-state index contributed by atoms with van der Waals surface area (Å²) >= 11 is 0.325. The molecule has 1 N–H and O–H groups in total. The predicted octanol–water partition coefficient (Wildman–Crippen LogP) is 5.44. The molecule has 0 spiro atoms. The Bertz CT molecular complexity index is 1250. The molecule has 6 nitrogen and oxygen atoms in total. The van der Waals surface area contributed by atoms with Gasteiger partial charge in [-0.2, -0.15) is 17.6 Å². The van der Waals surface area contributed by atoms with E-state index in [-0.39, 0.29) is 6.54 Å². The Morgan fingerprint density at radius 1 is 1.17 bits per heavy atom. The van der Waals surface area contributed by atoms with Crippen LogP contribution in [0.4, 0.5) is 17.6 Å². The van der Waals surface area contributed by atoms with E-state index in [4.69, 9.17) is 4.74 Å². The lowest BCUT2D eigenvalue weighted by Gasteiger charge is -2.18. The van der Waals surface area contributed by atoms with Crippen LogP contribution < -0.4 is 4.87 Å². The summed E-state index contributed by atoms with van der Waals surface area (Å²) in [5.74, 6) is -5.18. The largest absolute Gasteiger partial charge is 0.481 e. The van der Waals surface area contributed by atoms with Gasteiger partial charge in [0.1, 0.15) is 11.3 Å². The summed E-state index contributed by atoms with van der Waals surface area (Å²) in [5.41, 5.74) is -4.83. The molecule has 1 aromatic heterocycles. The molecule has 1 aliphatic carbocycles. The van der Waals surface area contributed by atoms with Gasteiger partial charge in [-0.15, -0.1) is 0 Å². The Labute approximate surface area is 209 Å². The molecule has 3 rings (SSSR count). The van der Waals surface area contributed by atoms with Crippen molar-refractivity contribution in [1.29, 1.82) is 0 Å². The van der Waals surface area contributed by atoms with Gasteiger partial charge in [-0.1, -0.05) is 55.5 Å². The number of benzene rings is 1. The van der Waals surface area contributed by atoms with Crippen molar-refractivity contribution in [1.82, 2.24) is 4.57 Å². The molecular weight excluding hydrogens is 502 g/mol. The smallest absolute Gasteiger partial charge is 0.432 e. The highest BCUT2D eigenvalue weighted by molar-refractivity contribution is 7.09. The normalized spacial score (nSPS) is 21.8. The molecule has 1 aliphatic rings.